The highest BCUT2D eigenvalue weighted by atomic mass is 16.8. The van der Waals surface area contributed by atoms with Crippen LogP contribution < -0.4 is 4.84 Å². The molecule has 1 atom stereocenters. The van der Waals surface area contributed by atoms with E-state index in [4.69, 9.17) is 19.0 Å². The molecule has 0 aliphatic heterocycles. The van der Waals surface area contributed by atoms with E-state index in [0.717, 1.165) is 50.7 Å². The van der Waals surface area contributed by atoms with Gasteiger partial charge < -0.3 is 24.4 Å². The van der Waals surface area contributed by atoms with Crippen LogP contribution in [0.1, 0.15) is 194 Å². The van der Waals surface area contributed by atoms with Gasteiger partial charge in [0.25, 0.3) is 0 Å². The molecule has 0 unspecified atom stereocenters. The van der Waals surface area contributed by atoms with E-state index >= 15 is 0 Å². The monoisotopic (exact) mass is 710 g/mol. The zero-order valence-corrected chi connectivity index (χ0v) is 31.6. The summed E-state index contributed by atoms with van der Waals surface area (Å²) in [6.45, 7) is 3.81. The summed E-state index contributed by atoms with van der Waals surface area (Å²) in [5.41, 5.74) is 0. The fourth-order valence-electron chi connectivity index (χ4n) is 5.95. The van der Waals surface area contributed by atoms with E-state index in [1.165, 1.54) is 122 Å². The Bertz CT molecular complexity index is 961. The van der Waals surface area contributed by atoms with Crippen LogP contribution in [0, 0.1) is 0 Å². The van der Waals surface area contributed by atoms with Crippen LogP contribution in [-0.2, 0) is 23.8 Å². The number of unbranched alkanes of at least 4 members (excludes halogenated alkanes) is 24. The van der Waals surface area contributed by atoms with Crippen molar-refractivity contribution in [1.29, 1.82) is 0 Å². The minimum atomic E-state index is -1.23. The Morgan fingerprint density at radius 3 is 1.26 bits per heavy atom. The van der Waals surface area contributed by atoms with Crippen LogP contribution in [0.3, 0.4) is 0 Å². The summed E-state index contributed by atoms with van der Waals surface area (Å²) in [6.07, 6.45) is 29.7. The number of hydrogen-bond acceptors (Lipinski definition) is 9. The summed E-state index contributed by atoms with van der Waals surface area (Å²) < 4.78 is 16.4. The molecule has 290 valence electrons. The van der Waals surface area contributed by atoms with E-state index in [1.54, 1.807) is 0 Å². The maximum atomic E-state index is 12.6. The first-order valence-electron chi connectivity index (χ1n) is 20.2. The largest absolute Gasteiger partial charge is 0.534 e. The van der Waals surface area contributed by atoms with E-state index in [1.807, 2.05) is 0 Å². The number of aromatic hydroxyl groups is 2. The van der Waals surface area contributed by atoms with E-state index in [-0.39, 0.29) is 19.4 Å². The molecule has 0 bridgehead atoms. The van der Waals surface area contributed by atoms with Gasteiger partial charge in [-0.3, -0.25) is 14.4 Å². The Kier molecular flexibility index (Phi) is 28.9. The van der Waals surface area contributed by atoms with Crippen LogP contribution in [0.2, 0.25) is 0 Å². The topological polar surface area (TPSA) is 134 Å². The molecule has 1 heterocycles. The highest BCUT2D eigenvalue weighted by molar-refractivity contribution is 5.70. The summed E-state index contributed by atoms with van der Waals surface area (Å²) in [4.78, 5) is 42.0. The minimum absolute atomic E-state index is 0.219. The van der Waals surface area contributed by atoms with Crippen LogP contribution in [0.5, 0.6) is 11.8 Å². The summed E-state index contributed by atoms with van der Waals surface area (Å²) >= 11 is 0. The van der Waals surface area contributed by atoms with Crippen molar-refractivity contribution in [2.24, 2.45) is 0 Å². The highest BCUT2D eigenvalue weighted by Gasteiger charge is 2.21. The quantitative estimate of drug-likeness (QED) is 0.0407. The van der Waals surface area contributed by atoms with Gasteiger partial charge in [-0.25, -0.2) is 4.79 Å². The van der Waals surface area contributed by atoms with Crippen molar-refractivity contribution in [3.63, 3.8) is 0 Å². The van der Waals surface area contributed by atoms with Gasteiger partial charge in [0.15, 0.2) is 6.10 Å². The van der Waals surface area contributed by atoms with E-state index in [2.05, 4.69) is 13.8 Å². The van der Waals surface area contributed by atoms with Crippen LogP contribution in [0.15, 0.2) is 12.1 Å². The molecule has 0 aliphatic rings. The smallest absolute Gasteiger partial charge is 0.492 e. The Labute approximate surface area is 302 Å². The third-order valence-corrected chi connectivity index (χ3v) is 9.05. The number of carbonyl (C=O) groups excluding carboxylic acids is 3. The van der Waals surface area contributed by atoms with E-state index < -0.39 is 42.6 Å². The van der Waals surface area contributed by atoms with Gasteiger partial charge in [-0.1, -0.05) is 168 Å². The number of nitrogens with zero attached hydrogens (tertiary/aromatic N) is 1. The van der Waals surface area contributed by atoms with Crippen LogP contribution in [0.25, 0.3) is 0 Å². The number of ether oxygens (including phenoxy) is 3. The Morgan fingerprint density at radius 2 is 0.860 bits per heavy atom. The number of aromatic nitrogens is 1. The van der Waals surface area contributed by atoms with Crippen molar-refractivity contribution in [1.82, 2.24) is 4.73 Å². The predicted octanol–water partition coefficient (Wildman–Crippen LogP) is 10.9. The second kappa shape index (κ2) is 32.0. The van der Waals surface area contributed by atoms with Gasteiger partial charge in [0.05, 0.1) is 0 Å². The molecule has 50 heavy (non-hydrogen) atoms. The van der Waals surface area contributed by atoms with Gasteiger partial charge in [-0.2, -0.15) is 0 Å². The van der Waals surface area contributed by atoms with Gasteiger partial charge >= 0.3 is 18.1 Å². The second-order valence-corrected chi connectivity index (χ2v) is 13.8. The summed E-state index contributed by atoms with van der Waals surface area (Å²) in [5, 5.41) is 19.3. The van der Waals surface area contributed by atoms with Gasteiger partial charge in [-0.05, 0) is 12.8 Å². The molecule has 10 heteroatoms. The van der Waals surface area contributed by atoms with Crippen molar-refractivity contribution < 1.29 is 43.6 Å². The van der Waals surface area contributed by atoms with Crippen LogP contribution >= 0.6 is 0 Å². The number of rotatable bonds is 34. The standard InChI is InChI=1S/C40H71NO9/c1-3-5-7-9-11-13-15-17-18-20-21-23-25-27-29-38(44)47-33-35(34-48-40(46)50-41-36(42)31-32-37(41)43)49-39(45)30-28-26-24-22-19-16-14-12-10-8-6-4-2/h31-32,35,42-43H,3-30,33-34H2,1-2H3/t35-/m0/s1. The van der Waals surface area contributed by atoms with Crippen molar-refractivity contribution in [3.05, 3.63) is 12.1 Å². The third-order valence-electron chi connectivity index (χ3n) is 9.05. The van der Waals surface area contributed by atoms with E-state index in [0.29, 0.717) is 11.2 Å². The predicted molar refractivity (Wildman–Crippen MR) is 197 cm³/mol. The molecule has 0 amide bonds. The van der Waals surface area contributed by atoms with Gasteiger partial charge in [0, 0.05) is 25.0 Å². The molecule has 0 aromatic carbocycles. The summed E-state index contributed by atoms with van der Waals surface area (Å²) in [5.74, 6) is -1.84. The Hall–Kier alpha value is -2.91. The normalized spacial score (nSPS) is 11.7. The molecule has 2 N–H and O–H groups in total. The maximum Gasteiger partial charge on any atom is 0.534 e. The zero-order chi connectivity index (χ0) is 36.5. The molecular weight excluding hydrogens is 638 g/mol. The van der Waals surface area contributed by atoms with Gasteiger partial charge in [0.2, 0.25) is 11.8 Å². The van der Waals surface area contributed by atoms with Gasteiger partial charge in [0.1, 0.15) is 13.2 Å². The van der Waals surface area contributed by atoms with Crippen molar-refractivity contribution >= 4 is 18.1 Å². The first-order valence-corrected chi connectivity index (χ1v) is 20.2. The number of hydrogen-bond donors (Lipinski definition) is 2. The molecule has 1 aromatic rings. The molecule has 0 saturated carbocycles. The molecule has 0 fully saturated rings. The third kappa shape index (κ3) is 26.0. The minimum Gasteiger partial charge on any atom is -0.492 e. The average molecular weight is 710 g/mol. The molecule has 1 rings (SSSR count). The van der Waals surface area contributed by atoms with E-state index in [9.17, 15) is 24.6 Å². The van der Waals surface area contributed by atoms with Crippen LogP contribution in [0.4, 0.5) is 4.79 Å². The maximum absolute atomic E-state index is 12.6. The van der Waals surface area contributed by atoms with Crippen LogP contribution in [-0.4, -0.2) is 52.4 Å². The molecule has 0 saturated heterocycles. The van der Waals surface area contributed by atoms with Gasteiger partial charge in [-0.15, -0.1) is 4.73 Å². The lowest BCUT2D eigenvalue weighted by Crippen LogP contribution is -2.32. The Balaban J connectivity index is 2.29. The lowest BCUT2D eigenvalue weighted by molar-refractivity contribution is -0.162. The SMILES string of the molecule is CCCCCCCCCCCCCCCCC(=O)OC[C@@H](COC(=O)On1c(O)ccc1O)OC(=O)CCCCCCCCCCCCCC. The first-order chi connectivity index (χ1) is 24.4. The van der Waals surface area contributed by atoms with Crippen molar-refractivity contribution in [2.75, 3.05) is 13.2 Å². The second-order valence-electron chi connectivity index (χ2n) is 13.8. The molecule has 0 aliphatic carbocycles. The lowest BCUT2D eigenvalue weighted by atomic mass is 10.0. The summed E-state index contributed by atoms with van der Waals surface area (Å²) in [7, 11) is 0. The fourth-order valence-corrected chi connectivity index (χ4v) is 5.95. The lowest BCUT2D eigenvalue weighted by Gasteiger charge is -2.18. The fraction of sp³-hybridized carbons (Fsp3) is 0.825. The van der Waals surface area contributed by atoms with Crippen molar-refractivity contribution in [3.8, 4) is 11.8 Å². The highest BCUT2D eigenvalue weighted by Crippen LogP contribution is 2.19. The Morgan fingerprint density at radius 1 is 0.520 bits per heavy atom. The average Bonchev–Trinajstić information content (AvgIpc) is 3.42. The molecular formula is C40H71NO9. The first kappa shape index (κ1) is 45.1. The summed E-state index contributed by atoms with van der Waals surface area (Å²) in [6, 6.07) is 2.28. The zero-order valence-electron chi connectivity index (χ0n) is 31.6. The molecule has 10 nitrogen and oxygen atoms in total. The molecule has 1 aromatic heterocycles. The molecule has 0 spiro atoms. The van der Waals surface area contributed by atoms with Crippen molar-refractivity contribution in [2.45, 2.75) is 200 Å². The molecule has 0 radical (unpaired) electrons. The number of carbonyl (C=O) groups is 3. The number of esters is 2.